The first-order chi connectivity index (χ1) is 20.9. The monoisotopic (exact) mass is 640 g/mol. The molecule has 4 heterocycles. The topological polar surface area (TPSA) is 75.6 Å². The van der Waals surface area contributed by atoms with Crippen LogP contribution in [0.1, 0.15) is 33.2 Å². The van der Waals surface area contributed by atoms with Crippen LogP contribution in [0.4, 0.5) is 0 Å². The van der Waals surface area contributed by atoms with Gasteiger partial charge in [-0.1, -0.05) is 115 Å². The molecule has 43 heavy (non-hydrogen) atoms. The highest BCUT2D eigenvalue weighted by atomic mass is 32.2. The van der Waals surface area contributed by atoms with Crippen molar-refractivity contribution in [2.75, 3.05) is 5.75 Å². The molecule has 0 spiro atoms. The number of aliphatic hydroxyl groups is 2. The first-order valence-corrected chi connectivity index (χ1v) is 16.5. The molecule has 3 atom stereocenters. The van der Waals surface area contributed by atoms with Crippen molar-refractivity contribution >= 4 is 67.5 Å². The molecule has 3 N–H and O–H groups in total. The maximum Gasteiger partial charge on any atom is 0.184 e. The van der Waals surface area contributed by atoms with E-state index in [1.807, 2.05) is 94.9 Å². The summed E-state index contributed by atoms with van der Waals surface area (Å²) in [6, 6.07) is 31.5. The molecular weight excluding hydrogens is 613 g/mol. The molecule has 0 bridgehead atoms. The lowest BCUT2D eigenvalue weighted by Gasteiger charge is -2.38. The van der Waals surface area contributed by atoms with Crippen LogP contribution in [-0.2, 0) is 24.5 Å². The van der Waals surface area contributed by atoms with E-state index in [9.17, 15) is 10.2 Å². The number of fused-ring (bicyclic) bond motifs is 1. The molecule has 10 heteroatoms. The summed E-state index contributed by atoms with van der Waals surface area (Å²) in [5.74, 6) is 0.456. The lowest BCUT2D eigenvalue weighted by atomic mass is 9.94. The van der Waals surface area contributed by atoms with E-state index in [1.165, 1.54) is 23.5 Å². The molecule has 2 aliphatic heterocycles. The summed E-state index contributed by atoms with van der Waals surface area (Å²) < 4.78 is 1.25. The number of H-pyrrole nitrogens is 1. The molecule has 0 radical (unpaired) electrons. The molecule has 2 saturated heterocycles. The van der Waals surface area contributed by atoms with Gasteiger partial charge in [0.25, 0.3) is 0 Å². The maximum atomic E-state index is 12.7. The van der Waals surface area contributed by atoms with Crippen molar-refractivity contribution in [3.63, 3.8) is 0 Å². The lowest BCUT2D eigenvalue weighted by Crippen LogP contribution is -2.45. The number of hydrogen-bond donors (Lipinski definition) is 3. The van der Waals surface area contributed by atoms with Crippen molar-refractivity contribution in [3.05, 3.63) is 137 Å². The third-order valence-corrected chi connectivity index (χ3v) is 11.5. The third-order valence-electron chi connectivity index (χ3n) is 8.13. The van der Waals surface area contributed by atoms with Gasteiger partial charge in [0.05, 0.1) is 11.4 Å². The number of aromatic amines is 1. The van der Waals surface area contributed by atoms with Crippen LogP contribution in [0.2, 0.25) is 0 Å². The van der Waals surface area contributed by atoms with Crippen molar-refractivity contribution in [1.29, 1.82) is 0 Å². The highest BCUT2D eigenvalue weighted by Gasteiger charge is 2.53. The fourth-order valence-electron chi connectivity index (χ4n) is 5.88. The SMILES string of the molecule is OC1(c2ccccc2)CSC(=S)N1Cc1ccnc(C2SC(=S)N(Cc3ccc4[nH]ccc4c3)C2(O)c2ccccc2)c1. The Labute approximate surface area is 269 Å². The highest BCUT2D eigenvalue weighted by Crippen LogP contribution is 2.54. The second-order valence-electron chi connectivity index (χ2n) is 10.8. The molecule has 5 aromatic rings. The zero-order valence-corrected chi connectivity index (χ0v) is 26.2. The molecule has 0 amide bonds. The van der Waals surface area contributed by atoms with E-state index in [0.717, 1.165) is 33.2 Å². The first kappa shape index (κ1) is 28.5. The van der Waals surface area contributed by atoms with E-state index in [0.29, 0.717) is 33.2 Å². The number of pyridine rings is 1. The van der Waals surface area contributed by atoms with E-state index >= 15 is 0 Å². The number of nitrogens with zero attached hydrogens (tertiary/aromatic N) is 3. The number of rotatable bonds is 7. The molecule has 3 unspecified atom stereocenters. The summed E-state index contributed by atoms with van der Waals surface area (Å²) in [4.78, 5) is 11.8. The van der Waals surface area contributed by atoms with Crippen molar-refractivity contribution in [3.8, 4) is 0 Å². The Bertz CT molecular complexity index is 1820. The molecule has 216 valence electrons. The van der Waals surface area contributed by atoms with Gasteiger partial charge in [0.1, 0.15) is 13.9 Å². The number of hydrogen-bond acceptors (Lipinski definition) is 7. The highest BCUT2D eigenvalue weighted by molar-refractivity contribution is 8.23. The minimum atomic E-state index is -1.44. The van der Waals surface area contributed by atoms with Gasteiger partial charge in [0.2, 0.25) is 0 Å². The quantitative estimate of drug-likeness (QED) is 0.169. The van der Waals surface area contributed by atoms with Crippen LogP contribution in [0, 0.1) is 0 Å². The van der Waals surface area contributed by atoms with Crippen LogP contribution < -0.4 is 0 Å². The van der Waals surface area contributed by atoms with E-state index in [4.69, 9.17) is 29.4 Å². The van der Waals surface area contributed by atoms with Crippen molar-refractivity contribution in [2.45, 2.75) is 29.8 Å². The van der Waals surface area contributed by atoms with E-state index < -0.39 is 16.7 Å². The maximum absolute atomic E-state index is 12.7. The van der Waals surface area contributed by atoms with Crippen molar-refractivity contribution in [2.24, 2.45) is 0 Å². The summed E-state index contributed by atoms with van der Waals surface area (Å²) in [7, 11) is 0. The van der Waals surface area contributed by atoms with Crippen LogP contribution in [0.25, 0.3) is 10.9 Å². The second-order valence-corrected chi connectivity index (χ2v) is 14.1. The minimum absolute atomic E-state index is 0.402. The summed E-state index contributed by atoms with van der Waals surface area (Å²) in [5, 5.41) is 25.1. The van der Waals surface area contributed by atoms with Crippen molar-refractivity contribution in [1.82, 2.24) is 19.8 Å². The van der Waals surface area contributed by atoms with Gasteiger partial charge in [0.15, 0.2) is 11.4 Å². The van der Waals surface area contributed by atoms with E-state index in [-0.39, 0.29) is 0 Å². The Kier molecular flexibility index (Phi) is 7.53. The summed E-state index contributed by atoms with van der Waals surface area (Å²) in [6.45, 7) is 0.844. The van der Waals surface area contributed by atoms with Crippen LogP contribution >= 0.6 is 48.0 Å². The first-order valence-electron chi connectivity index (χ1n) is 13.9. The van der Waals surface area contributed by atoms with Gasteiger partial charge in [-0.05, 0) is 46.8 Å². The van der Waals surface area contributed by atoms with Crippen LogP contribution in [0.15, 0.2) is 109 Å². The summed E-state index contributed by atoms with van der Waals surface area (Å²) >= 11 is 14.5. The number of benzene rings is 3. The Hall–Kier alpha value is -3.25. The predicted octanol–water partition coefficient (Wildman–Crippen LogP) is 6.66. The van der Waals surface area contributed by atoms with E-state index in [2.05, 4.69) is 23.2 Å². The summed E-state index contributed by atoms with van der Waals surface area (Å²) in [5.41, 5.74) is 2.66. The van der Waals surface area contributed by atoms with Crippen LogP contribution in [-0.4, -0.2) is 44.4 Å². The van der Waals surface area contributed by atoms with Crippen LogP contribution in [0.5, 0.6) is 0 Å². The molecule has 2 fully saturated rings. The van der Waals surface area contributed by atoms with Gasteiger partial charge in [0, 0.05) is 42.1 Å². The van der Waals surface area contributed by atoms with Gasteiger partial charge < -0.3 is 25.0 Å². The molecule has 3 aromatic carbocycles. The molecular formula is C33H28N4O2S4. The molecule has 0 aliphatic carbocycles. The average molecular weight is 641 g/mol. The largest absolute Gasteiger partial charge is 0.366 e. The van der Waals surface area contributed by atoms with Crippen molar-refractivity contribution < 1.29 is 10.2 Å². The molecule has 0 saturated carbocycles. The molecule has 2 aliphatic rings. The van der Waals surface area contributed by atoms with Gasteiger partial charge in [-0.2, -0.15) is 0 Å². The summed E-state index contributed by atoms with van der Waals surface area (Å²) in [6.07, 6.45) is 3.68. The second kappa shape index (κ2) is 11.4. The predicted molar refractivity (Wildman–Crippen MR) is 182 cm³/mol. The fraction of sp³-hybridized carbons (Fsp3) is 0.182. The Morgan fingerprint density at radius 2 is 1.51 bits per heavy atom. The number of thioether (sulfide) groups is 2. The molecule has 7 rings (SSSR count). The molecule has 6 nitrogen and oxygen atoms in total. The average Bonchev–Trinajstić information content (AvgIpc) is 3.70. The zero-order chi connectivity index (χ0) is 29.6. The molecule has 2 aromatic heterocycles. The lowest BCUT2D eigenvalue weighted by molar-refractivity contribution is -0.0753. The Morgan fingerprint density at radius 3 is 2.28 bits per heavy atom. The van der Waals surface area contributed by atoms with Crippen LogP contribution in [0.3, 0.4) is 0 Å². The zero-order valence-electron chi connectivity index (χ0n) is 23.0. The number of aromatic nitrogens is 2. The van der Waals surface area contributed by atoms with Gasteiger partial charge in [-0.3, -0.25) is 4.98 Å². The van der Waals surface area contributed by atoms with Gasteiger partial charge in [-0.25, -0.2) is 0 Å². The smallest absolute Gasteiger partial charge is 0.184 e. The fourth-order valence-corrected chi connectivity index (χ4v) is 8.99. The number of nitrogens with one attached hydrogen (secondary N) is 1. The van der Waals surface area contributed by atoms with Gasteiger partial charge in [-0.15, -0.1) is 0 Å². The minimum Gasteiger partial charge on any atom is -0.366 e. The standard InChI is InChI=1S/C33H28N4O2S4/c38-32(25-7-3-1-4-8-25)21-42-30(40)36(32)19-23-13-15-35-28(18-23)29-33(39,26-9-5-2-6-10-26)37(31(41)43-29)20-22-11-12-27-24(17-22)14-16-34-27/h1-18,29,34,38-39H,19-21H2. The normalized spacial score (nSPS) is 23.9. The van der Waals surface area contributed by atoms with E-state index in [1.54, 1.807) is 6.20 Å². The Balaban J connectivity index is 1.23. The third kappa shape index (κ3) is 5.05. The Morgan fingerprint density at radius 1 is 0.814 bits per heavy atom. The number of thiocarbonyl (C=S) groups is 2. The van der Waals surface area contributed by atoms with Gasteiger partial charge >= 0.3 is 0 Å².